The van der Waals surface area contributed by atoms with Gasteiger partial charge in [0.2, 0.25) is 0 Å². The van der Waals surface area contributed by atoms with Crippen molar-refractivity contribution in [2.45, 2.75) is 57.8 Å². The van der Waals surface area contributed by atoms with Crippen molar-refractivity contribution >= 4 is 76.3 Å². The average Bonchev–Trinajstić information content (AvgIpc) is 1.55. The molecule has 0 bridgehead atoms. The van der Waals surface area contributed by atoms with Crippen LogP contribution in [0.1, 0.15) is 74.9 Å². The Kier molecular flexibility index (Phi) is 10.7. The summed E-state index contributed by atoms with van der Waals surface area (Å²) in [6.45, 7) is 14.2. The molecule has 0 aliphatic heterocycles. The Labute approximate surface area is 545 Å². The van der Waals surface area contributed by atoms with Crippen molar-refractivity contribution in [3.05, 3.63) is 306 Å². The first-order valence-corrected chi connectivity index (χ1v) is 33.1. The zero-order valence-electron chi connectivity index (χ0n) is 53.2. The molecule has 0 amide bonds. The summed E-state index contributed by atoms with van der Waals surface area (Å²) in [6.07, 6.45) is 0. The molecule has 0 unspecified atom stereocenters. The summed E-state index contributed by atoms with van der Waals surface area (Å²) in [5, 5.41) is 8.49. The van der Waals surface area contributed by atoms with E-state index < -0.39 is 0 Å². The molecule has 0 N–H and O–H groups in total. The molecule has 94 heavy (non-hydrogen) atoms. The fourth-order valence-corrected chi connectivity index (χ4v) is 17.5. The lowest BCUT2D eigenvalue weighted by molar-refractivity contribution is 0.660. The lowest BCUT2D eigenvalue weighted by atomic mass is 9.82. The van der Waals surface area contributed by atoms with Crippen LogP contribution in [0, 0.1) is 0 Å². The van der Waals surface area contributed by atoms with Crippen molar-refractivity contribution in [3.63, 3.8) is 0 Å². The van der Waals surface area contributed by atoms with Crippen molar-refractivity contribution in [1.82, 2.24) is 23.7 Å². The fourth-order valence-electron chi connectivity index (χ4n) is 17.5. The van der Waals surface area contributed by atoms with Gasteiger partial charge in [0.15, 0.2) is 5.82 Å². The maximum atomic E-state index is 5.74. The van der Waals surface area contributed by atoms with Crippen LogP contribution in [0.3, 0.4) is 0 Å². The van der Waals surface area contributed by atoms with Crippen LogP contribution in [0.5, 0.6) is 0 Å². The number of benzene rings is 13. The van der Waals surface area contributed by atoms with Crippen LogP contribution < -0.4 is 0 Å². The predicted molar refractivity (Wildman–Crippen MR) is 392 cm³/mol. The first kappa shape index (κ1) is 53.3. The van der Waals surface area contributed by atoms with Gasteiger partial charge in [-0.25, -0.2) is 9.97 Å². The molecule has 0 radical (unpaired) electrons. The Balaban J connectivity index is 0.764. The molecule has 20 rings (SSSR count). The van der Waals surface area contributed by atoms with Gasteiger partial charge in [0.05, 0.1) is 44.3 Å². The second kappa shape index (κ2) is 18.9. The van der Waals surface area contributed by atoms with E-state index in [1.807, 2.05) is 0 Å². The van der Waals surface area contributed by atoms with Gasteiger partial charge in [-0.3, -0.25) is 0 Å². The fraction of sp³-hybridized carbons (Fsp3) is 0.101. The molecule has 17 aromatic rings. The van der Waals surface area contributed by atoms with E-state index in [9.17, 15) is 0 Å². The summed E-state index contributed by atoms with van der Waals surface area (Å²) in [5.74, 6) is 0.672. The molecule has 0 atom stereocenters. The molecule has 5 nitrogen and oxygen atoms in total. The summed E-state index contributed by atoms with van der Waals surface area (Å²) in [6, 6.07) is 102. The monoisotopic (exact) mass is 1200 g/mol. The van der Waals surface area contributed by atoms with Crippen molar-refractivity contribution in [2.75, 3.05) is 0 Å². The highest BCUT2D eigenvalue weighted by Crippen LogP contribution is 2.56. The van der Waals surface area contributed by atoms with Crippen LogP contribution in [0.15, 0.2) is 273 Å². The summed E-state index contributed by atoms with van der Waals surface area (Å²) in [7, 11) is 0. The van der Waals surface area contributed by atoms with E-state index in [0.717, 1.165) is 55.9 Å². The van der Waals surface area contributed by atoms with Crippen molar-refractivity contribution in [3.8, 4) is 84.2 Å². The second-order valence-corrected chi connectivity index (χ2v) is 28.0. The van der Waals surface area contributed by atoms with E-state index in [4.69, 9.17) is 9.97 Å². The maximum absolute atomic E-state index is 5.74. The standard InChI is InChI=1S/C89H63N5/c1-87(2)69-28-13-7-25-65(69)79-72(87)46-43-62-59-22-10-16-31-76(59)92(83(62)79)56-39-34-52(35-40-56)54-38-49-75-68(51-54)82(53-36-41-57(42-37-53)93-77-32-17-11-23-60(77)63-44-47-73-80(84(63)93)66-26-8-14-29-70(66)88(73,3)4)91-86(90-75)55-20-19-21-58(50-55)94-78-33-18-12-24-61(78)64-45-48-74-81(85(64)94)67-27-9-15-30-71(67)89(74,5)6/h7-51H,1-6H3. The van der Waals surface area contributed by atoms with E-state index in [1.54, 1.807) is 0 Å². The van der Waals surface area contributed by atoms with Crippen LogP contribution in [0.25, 0.3) is 161 Å². The minimum atomic E-state index is -0.146. The molecule has 4 aromatic heterocycles. The first-order valence-electron chi connectivity index (χ1n) is 33.1. The van der Waals surface area contributed by atoms with E-state index >= 15 is 0 Å². The van der Waals surface area contributed by atoms with Gasteiger partial charge in [0.25, 0.3) is 0 Å². The summed E-state index contributed by atoms with van der Waals surface area (Å²) >= 11 is 0. The van der Waals surface area contributed by atoms with Gasteiger partial charge in [-0.05, 0) is 128 Å². The molecule has 0 saturated carbocycles. The minimum absolute atomic E-state index is 0.117. The van der Waals surface area contributed by atoms with Crippen molar-refractivity contribution in [2.24, 2.45) is 0 Å². The van der Waals surface area contributed by atoms with Crippen LogP contribution >= 0.6 is 0 Å². The van der Waals surface area contributed by atoms with Crippen LogP contribution in [-0.4, -0.2) is 23.7 Å². The smallest absolute Gasteiger partial charge is 0.160 e. The Morgan fingerprint density at radius 1 is 0.255 bits per heavy atom. The number of fused-ring (bicyclic) bond motifs is 22. The molecule has 0 saturated heterocycles. The normalized spacial score (nSPS) is 14.5. The highest BCUT2D eigenvalue weighted by atomic mass is 15.0. The minimum Gasteiger partial charge on any atom is -0.309 e. The molecule has 444 valence electrons. The highest BCUT2D eigenvalue weighted by Gasteiger charge is 2.41. The summed E-state index contributed by atoms with van der Waals surface area (Å²) in [4.78, 5) is 11.3. The molecule has 5 heteroatoms. The number of rotatable bonds is 6. The molecule has 0 fully saturated rings. The number of para-hydroxylation sites is 3. The van der Waals surface area contributed by atoms with E-state index in [0.29, 0.717) is 5.82 Å². The van der Waals surface area contributed by atoms with Crippen LogP contribution in [0.2, 0.25) is 0 Å². The number of aromatic nitrogens is 5. The third-order valence-corrected chi connectivity index (χ3v) is 22.1. The topological polar surface area (TPSA) is 40.6 Å². The largest absolute Gasteiger partial charge is 0.309 e. The Bertz CT molecular complexity index is 6180. The maximum Gasteiger partial charge on any atom is 0.160 e. The quantitative estimate of drug-likeness (QED) is 0.166. The molecule has 4 heterocycles. The molecular formula is C89H63N5. The average molecular weight is 1200 g/mol. The Morgan fingerprint density at radius 3 is 1.11 bits per heavy atom. The van der Waals surface area contributed by atoms with Gasteiger partial charge in [0, 0.05) is 98.8 Å². The van der Waals surface area contributed by atoms with Crippen LogP contribution in [0.4, 0.5) is 0 Å². The number of hydrogen-bond donors (Lipinski definition) is 0. The van der Waals surface area contributed by atoms with E-state index in [2.05, 4.69) is 328 Å². The van der Waals surface area contributed by atoms with Crippen LogP contribution in [-0.2, 0) is 16.2 Å². The zero-order valence-corrected chi connectivity index (χ0v) is 53.2. The SMILES string of the molecule is CC1(C)c2ccccc2-c2c1ccc1c3ccccc3n(-c3ccc(-c4ccc5nc(-c6cccc(-n7c8ccccc8c8ccc9c(c87)-c7ccccc7C9(C)C)c6)nc(-c6ccc(-n7c8ccccc8c8ccc9c(c87)-c7ccccc7C9(C)C)cc6)c5c4)cc3)c21. The predicted octanol–water partition coefficient (Wildman–Crippen LogP) is 22.8. The number of hydrogen-bond acceptors (Lipinski definition) is 2. The van der Waals surface area contributed by atoms with Gasteiger partial charge in [-0.1, -0.05) is 248 Å². The molecule has 3 aliphatic rings. The van der Waals surface area contributed by atoms with Gasteiger partial charge in [0.1, 0.15) is 0 Å². The Morgan fingerprint density at radius 2 is 0.649 bits per heavy atom. The van der Waals surface area contributed by atoms with Gasteiger partial charge < -0.3 is 13.7 Å². The second-order valence-electron chi connectivity index (χ2n) is 28.0. The van der Waals surface area contributed by atoms with Gasteiger partial charge >= 0.3 is 0 Å². The third kappa shape index (κ3) is 7.08. The molecule has 13 aromatic carbocycles. The lowest BCUT2D eigenvalue weighted by Crippen LogP contribution is -2.14. The molecule has 0 spiro atoms. The van der Waals surface area contributed by atoms with Gasteiger partial charge in [-0.15, -0.1) is 0 Å². The molecular weight excluding hydrogens is 1140 g/mol. The molecule has 3 aliphatic carbocycles. The van der Waals surface area contributed by atoms with E-state index in [-0.39, 0.29) is 16.2 Å². The Hall–Kier alpha value is -11.4. The highest BCUT2D eigenvalue weighted by molar-refractivity contribution is 6.18. The van der Waals surface area contributed by atoms with E-state index in [1.165, 1.54) is 132 Å². The van der Waals surface area contributed by atoms with Crippen molar-refractivity contribution < 1.29 is 0 Å². The van der Waals surface area contributed by atoms with Crippen molar-refractivity contribution in [1.29, 1.82) is 0 Å². The van der Waals surface area contributed by atoms with Gasteiger partial charge in [-0.2, -0.15) is 0 Å². The first-order chi connectivity index (χ1) is 45.9. The number of nitrogens with zero attached hydrogens (tertiary/aromatic N) is 5. The zero-order chi connectivity index (χ0) is 62.7. The summed E-state index contributed by atoms with van der Waals surface area (Å²) < 4.78 is 7.48. The lowest BCUT2D eigenvalue weighted by Gasteiger charge is -2.21. The third-order valence-electron chi connectivity index (χ3n) is 22.1. The summed E-state index contributed by atoms with van der Waals surface area (Å²) in [5.41, 5.74) is 32.2.